The zero-order valence-corrected chi connectivity index (χ0v) is 22.3. The molecule has 0 unspecified atom stereocenters. The maximum absolute atomic E-state index is 12.8. The zero-order valence-electron chi connectivity index (χ0n) is 22.3. The number of carbonyl (C=O) groups is 2. The normalized spacial score (nSPS) is 34.0. The van der Waals surface area contributed by atoms with E-state index in [0.29, 0.717) is 18.6 Å². The van der Waals surface area contributed by atoms with Crippen LogP contribution in [0.3, 0.4) is 0 Å². The molecule has 8 nitrogen and oxygen atoms in total. The van der Waals surface area contributed by atoms with Crippen LogP contribution in [0.15, 0.2) is 24.3 Å². The summed E-state index contributed by atoms with van der Waals surface area (Å²) in [5.41, 5.74) is 0.793. The molecule has 37 heavy (non-hydrogen) atoms. The van der Waals surface area contributed by atoms with Crippen LogP contribution in [0, 0.1) is 11.3 Å². The lowest BCUT2D eigenvalue weighted by Crippen LogP contribution is -2.63. The van der Waals surface area contributed by atoms with Crippen molar-refractivity contribution in [2.75, 3.05) is 6.61 Å². The van der Waals surface area contributed by atoms with E-state index in [1.807, 2.05) is 12.1 Å². The molecule has 206 valence electrons. The Bertz CT molecular complexity index is 946. The standard InChI is InChI=1S/C29H42O8/c1-19-24(11-6-4-5-8-20-9-7-10-21(31)14-20)37-29-17-25(19)35-27(33)16-23(18-30)34-26(32)15-22(36-29)12-13-28(29,2)3/h7,9-10,14,19,22-25,30-31H,4-6,8,11-13,15-18H2,1-3H3/t19-,22-,23-,24-,25+,29-/m1/s1. The summed E-state index contributed by atoms with van der Waals surface area (Å²) >= 11 is 0. The first-order valence-electron chi connectivity index (χ1n) is 13.7. The first kappa shape index (κ1) is 27.9. The molecule has 3 bridgehead atoms. The number of hydrogen-bond acceptors (Lipinski definition) is 8. The molecule has 3 saturated heterocycles. The first-order valence-corrected chi connectivity index (χ1v) is 13.7. The fourth-order valence-electron chi connectivity index (χ4n) is 5.95. The van der Waals surface area contributed by atoms with E-state index in [9.17, 15) is 19.8 Å². The molecule has 0 saturated carbocycles. The topological polar surface area (TPSA) is 112 Å². The van der Waals surface area contributed by atoms with Gasteiger partial charge in [-0.15, -0.1) is 0 Å². The van der Waals surface area contributed by atoms with Gasteiger partial charge >= 0.3 is 11.9 Å². The largest absolute Gasteiger partial charge is 0.508 e. The summed E-state index contributed by atoms with van der Waals surface area (Å²) in [5.74, 6) is -1.68. The second kappa shape index (κ2) is 11.7. The smallest absolute Gasteiger partial charge is 0.309 e. The molecule has 6 atom stereocenters. The number of fused-ring (bicyclic) bond motifs is 2. The fraction of sp³-hybridized carbons (Fsp3) is 0.724. The summed E-state index contributed by atoms with van der Waals surface area (Å²) in [5, 5.41) is 19.3. The van der Waals surface area contributed by atoms with Crippen molar-refractivity contribution >= 4 is 11.9 Å². The maximum atomic E-state index is 12.8. The van der Waals surface area contributed by atoms with Crippen LogP contribution >= 0.6 is 0 Å². The molecule has 3 fully saturated rings. The molecule has 3 heterocycles. The minimum atomic E-state index is -0.963. The predicted octanol–water partition coefficient (Wildman–Crippen LogP) is 4.43. The number of phenolic OH excluding ortho intramolecular Hbond substituents is 1. The Balaban J connectivity index is 1.47. The fourth-order valence-corrected chi connectivity index (χ4v) is 5.95. The van der Waals surface area contributed by atoms with Gasteiger partial charge in [0.2, 0.25) is 0 Å². The van der Waals surface area contributed by atoms with Gasteiger partial charge in [0, 0.05) is 17.8 Å². The molecule has 0 aliphatic carbocycles. The summed E-state index contributed by atoms with van der Waals surface area (Å²) < 4.78 is 24.7. The van der Waals surface area contributed by atoms with Gasteiger partial charge in [-0.25, -0.2) is 0 Å². The van der Waals surface area contributed by atoms with Gasteiger partial charge in [0.25, 0.3) is 0 Å². The number of aryl methyl sites for hydroxylation is 1. The average molecular weight is 519 g/mol. The van der Waals surface area contributed by atoms with E-state index in [2.05, 4.69) is 20.8 Å². The molecule has 1 aromatic rings. The lowest BCUT2D eigenvalue weighted by atomic mass is 9.70. The van der Waals surface area contributed by atoms with E-state index >= 15 is 0 Å². The number of rotatable bonds is 7. The minimum absolute atomic E-state index is 0.0292. The third kappa shape index (κ3) is 6.65. The van der Waals surface area contributed by atoms with Crippen molar-refractivity contribution in [2.24, 2.45) is 11.3 Å². The predicted molar refractivity (Wildman–Crippen MR) is 136 cm³/mol. The van der Waals surface area contributed by atoms with Crippen LogP contribution in [-0.4, -0.2) is 59.0 Å². The van der Waals surface area contributed by atoms with Gasteiger partial charge in [0.15, 0.2) is 5.79 Å². The number of carbonyl (C=O) groups excluding carboxylic acids is 2. The average Bonchev–Trinajstić information content (AvgIpc) is 2.83. The Morgan fingerprint density at radius 1 is 1.03 bits per heavy atom. The molecule has 0 aromatic heterocycles. The van der Waals surface area contributed by atoms with Gasteiger partial charge in [0.1, 0.15) is 18.0 Å². The van der Waals surface area contributed by atoms with Crippen LogP contribution in [0.5, 0.6) is 5.75 Å². The highest BCUT2D eigenvalue weighted by Gasteiger charge is 2.58. The second-order valence-corrected chi connectivity index (χ2v) is 11.6. The Labute approximate surface area is 219 Å². The number of esters is 2. The van der Waals surface area contributed by atoms with E-state index in [0.717, 1.165) is 44.1 Å². The highest BCUT2D eigenvalue weighted by molar-refractivity contribution is 5.73. The first-order chi connectivity index (χ1) is 17.6. The number of benzene rings is 1. The van der Waals surface area contributed by atoms with Crippen LogP contribution in [0.1, 0.15) is 84.1 Å². The second-order valence-electron chi connectivity index (χ2n) is 11.6. The van der Waals surface area contributed by atoms with Crippen LogP contribution in [0.25, 0.3) is 0 Å². The summed E-state index contributed by atoms with van der Waals surface area (Å²) in [6.07, 6.45) is 4.66. The lowest BCUT2D eigenvalue weighted by Gasteiger charge is -2.57. The molecule has 0 amide bonds. The van der Waals surface area contributed by atoms with Crippen molar-refractivity contribution in [1.29, 1.82) is 0 Å². The van der Waals surface area contributed by atoms with Gasteiger partial charge in [-0.3, -0.25) is 9.59 Å². The highest BCUT2D eigenvalue weighted by atomic mass is 16.7. The SMILES string of the molecule is C[C@H]1[C@@H]2C[C@@]3(O[C@H](CCC3(C)C)CC(=O)O[C@@H](CO)CC(=O)O2)O[C@@H]1CCCCCc1cccc(O)c1. The van der Waals surface area contributed by atoms with Crippen LogP contribution in [0.2, 0.25) is 0 Å². The molecule has 2 N–H and O–H groups in total. The minimum Gasteiger partial charge on any atom is -0.508 e. The van der Waals surface area contributed by atoms with E-state index in [4.69, 9.17) is 18.9 Å². The van der Waals surface area contributed by atoms with Gasteiger partial charge < -0.3 is 29.2 Å². The zero-order chi connectivity index (χ0) is 26.6. The number of hydrogen-bond donors (Lipinski definition) is 2. The Morgan fingerprint density at radius 3 is 2.57 bits per heavy atom. The number of ether oxygens (including phenoxy) is 4. The van der Waals surface area contributed by atoms with Crippen molar-refractivity contribution in [1.82, 2.24) is 0 Å². The van der Waals surface area contributed by atoms with Gasteiger partial charge in [-0.1, -0.05) is 45.7 Å². The van der Waals surface area contributed by atoms with E-state index < -0.39 is 36.5 Å². The van der Waals surface area contributed by atoms with Gasteiger partial charge in [-0.05, 0) is 49.8 Å². The lowest BCUT2D eigenvalue weighted by molar-refractivity contribution is -0.381. The van der Waals surface area contributed by atoms with Crippen LogP contribution in [0.4, 0.5) is 0 Å². The number of cyclic esters (lactones) is 1. The molecule has 3 aliphatic rings. The van der Waals surface area contributed by atoms with E-state index in [1.54, 1.807) is 12.1 Å². The van der Waals surface area contributed by atoms with Crippen LogP contribution in [-0.2, 0) is 35.0 Å². The van der Waals surface area contributed by atoms with E-state index in [1.165, 1.54) is 0 Å². The molecular formula is C29H42O8. The molecule has 8 heteroatoms. The van der Waals surface area contributed by atoms with Crippen molar-refractivity contribution in [3.63, 3.8) is 0 Å². The molecule has 1 aromatic carbocycles. The van der Waals surface area contributed by atoms with E-state index in [-0.39, 0.29) is 36.4 Å². The Hall–Kier alpha value is -2.16. The third-order valence-electron chi connectivity index (χ3n) is 8.40. The van der Waals surface area contributed by atoms with Crippen molar-refractivity contribution < 1.29 is 38.7 Å². The van der Waals surface area contributed by atoms with Gasteiger partial charge in [0.05, 0.1) is 31.7 Å². The Morgan fingerprint density at radius 2 is 1.81 bits per heavy atom. The van der Waals surface area contributed by atoms with Gasteiger partial charge in [-0.2, -0.15) is 0 Å². The number of aliphatic hydroxyl groups is 1. The Kier molecular flexibility index (Phi) is 8.81. The molecule has 3 aliphatic heterocycles. The number of unbranched alkanes of at least 4 members (excludes halogenated alkanes) is 2. The molecule has 0 radical (unpaired) electrons. The van der Waals surface area contributed by atoms with Crippen molar-refractivity contribution in [3.8, 4) is 5.75 Å². The quantitative estimate of drug-likeness (QED) is 0.403. The summed E-state index contributed by atoms with van der Waals surface area (Å²) in [4.78, 5) is 25.3. The van der Waals surface area contributed by atoms with Crippen LogP contribution < -0.4 is 0 Å². The molecular weight excluding hydrogens is 476 g/mol. The number of aromatic hydroxyl groups is 1. The van der Waals surface area contributed by atoms with Crippen molar-refractivity contribution in [3.05, 3.63) is 29.8 Å². The molecule has 4 rings (SSSR count). The maximum Gasteiger partial charge on any atom is 0.309 e. The summed E-state index contributed by atoms with van der Waals surface area (Å²) in [6.45, 7) is 5.87. The monoisotopic (exact) mass is 518 g/mol. The third-order valence-corrected chi connectivity index (χ3v) is 8.40. The summed E-state index contributed by atoms with van der Waals surface area (Å²) in [7, 11) is 0. The number of phenols is 1. The summed E-state index contributed by atoms with van der Waals surface area (Å²) in [6, 6.07) is 7.38. The number of aliphatic hydroxyl groups excluding tert-OH is 1. The highest BCUT2D eigenvalue weighted by Crippen LogP contribution is 2.53. The van der Waals surface area contributed by atoms with Crippen molar-refractivity contribution in [2.45, 2.75) is 115 Å². The molecule has 1 spiro atoms.